The number of non-ortho nitro benzene ring substituents is 1. The number of benzene rings is 1. The Kier molecular flexibility index (Phi) is 4.71. The zero-order valence-electron chi connectivity index (χ0n) is 12.4. The van der Waals surface area contributed by atoms with E-state index < -0.39 is 33.4 Å². The number of hydrogen-bond acceptors (Lipinski definition) is 6. The molecule has 0 bridgehead atoms. The van der Waals surface area contributed by atoms with E-state index in [0.717, 1.165) is 31.2 Å². The van der Waals surface area contributed by atoms with Crippen LogP contribution in [-0.4, -0.2) is 33.4 Å². The Labute approximate surface area is 142 Å². The summed E-state index contributed by atoms with van der Waals surface area (Å²) in [6, 6.07) is 0.837. The molecule has 2 rings (SSSR count). The fraction of sp³-hybridized carbons (Fsp3) is 0.308. The smallest absolute Gasteiger partial charge is 0.367 e. The van der Waals surface area contributed by atoms with Crippen molar-refractivity contribution in [3.8, 4) is 0 Å². The molecule has 0 amide bonds. The van der Waals surface area contributed by atoms with Crippen LogP contribution in [-0.2, 0) is 4.84 Å². The highest BCUT2D eigenvalue weighted by atomic mass is 35.5. The van der Waals surface area contributed by atoms with Crippen molar-refractivity contribution in [1.29, 1.82) is 0 Å². The van der Waals surface area contributed by atoms with Gasteiger partial charge in [-0.15, -0.1) is 0 Å². The van der Waals surface area contributed by atoms with E-state index in [1.807, 2.05) is 0 Å². The number of alkyl halides is 3. The Bertz CT molecular complexity index is 796. The number of nitro groups is 2. The first-order chi connectivity index (χ1) is 11.5. The van der Waals surface area contributed by atoms with Crippen molar-refractivity contribution in [2.45, 2.75) is 24.7 Å². The molecule has 8 nitrogen and oxygen atoms in total. The Balaban J connectivity index is 2.48. The first kappa shape index (κ1) is 18.6. The number of nitrogens with zero attached hydrogens (tertiary/aromatic N) is 3. The van der Waals surface area contributed by atoms with Gasteiger partial charge >= 0.3 is 17.8 Å². The second-order valence-corrected chi connectivity index (χ2v) is 5.51. The molecule has 25 heavy (non-hydrogen) atoms. The van der Waals surface area contributed by atoms with Gasteiger partial charge in [0.05, 0.1) is 9.95 Å². The van der Waals surface area contributed by atoms with Crippen LogP contribution < -0.4 is 0 Å². The van der Waals surface area contributed by atoms with Crippen molar-refractivity contribution in [2.24, 2.45) is 5.16 Å². The number of oxime groups is 1. The van der Waals surface area contributed by atoms with Crippen molar-refractivity contribution < 1.29 is 27.9 Å². The largest absolute Gasteiger partial charge is 0.442 e. The summed E-state index contributed by atoms with van der Waals surface area (Å²) < 4.78 is 40.5. The van der Waals surface area contributed by atoms with E-state index in [0.29, 0.717) is 6.08 Å². The number of nitro benzene ring substituents is 1. The first-order valence-corrected chi connectivity index (χ1v) is 6.93. The fourth-order valence-electron chi connectivity index (χ4n) is 2.27. The zero-order chi connectivity index (χ0) is 19.0. The van der Waals surface area contributed by atoms with Gasteiger partial charge in [0.15, 0.2) is 0 Å². The van der Waals surface area contributed by atoms with E-state index in [1.165, 1.54) is 0 Å². The molecular formula is C13H9ClF3N3O5. The van der Waals surface area contributed by atoms with E-state index in [9.17, 15) is 33.4 Å². The van der Waals surface area contributed by atoms with Crippen molar-refractivity contribution in [1.82, 2.24) is 0 Å². The second kappa shape index (κ2) is 6.31. The van der Waals surface area contributed by atoms with Crippen molar-refractivity contribution in [3.05, 3.63) is 55.1 Å². The SMILES string of the molecule is CC1=NO[C@](/C=C/c2ccc([N+](=O)[O-])cc2Cl)(C(F)(F)F)[C@H]1[N+](=O)[O-]. The normalized spacial score (nSPS) is 23.4. The van der Waals surface area contributed by atoms with Crippen LogP contribution in [0, 0.1) is 20.2 Å². The highest BCUT2D eigenvalue weighted by molar-refractivity contribution is 6.32. The lowest BCUT2D eigenvalue weighted by atomic mass is 9.90. The van der Waals surface area contributed by atoms with Gasteiger partial charge in [0.1, 0.15) is 5.71 Å². The summed E-state index contributed by atoms with van der Waals surface area (Å²) in [6.45, 7) is 1.05. The molecule has 12 heteroatoms. The van der Waals surface area contributed by atoms with Crippen molar-refractivity contribution >= 4 is 29.1 Å². The molecule has 0 unspecified atom stereocenters. The van der Waals surface area contributed by atoms with Gasteiger partial charge in [0, 0.05) is 17.1 Å². The highest BCUT2D eigenvalue weighted by Crippen LogP contribution is 2.43. The van der Waals surface area contributed by atoms with Crippen LogP contribution in [0.4, 0.5) is 18.9 Å². The molecular weight excluding hydrogens is 371 g/mol. The zero-order valence-corrected chi connectivity index (χ0v) is 13.1. The van der Waals surface area contributed by atoms with Gasteiger partial charge < -0.3 is 4.84 Å². The molecule has 0 N–H and O–H groups in total. The molecule has 0 radical (unpaired) electrons. The summed E-state index contributed by atoms with van der Waals surface area (Å²) in [5.74, 6) is 0. The minimum absolute atomic E-state index is 0.00820. The minimum Gasteiger partial charge on any atom is -0.367 e. The van der Waals surface area contributed by atoms with Crippen LogP contribution in [0.2, 0.25) is 5.02 Å². The summed E-state index contributed by atoms with van der Waals surface area (Å²) in [5.41, 5.74) is -4.11. The van der Waals surface area contributed by atoms with E-state index in [1.54, 1.807) is 0 Å². The average molecular weight is 380 g/mol. The second-order valence-electron chi connectivity index (χ2n) is 5.10. The lowest BCUT2D eigenvalue weighted by Crippen LogP contribution is -2.56. The third-order valence-electron chi connectivity index (χ3n) is 3.50. The van der Waals surface area contributed by atoms with E-state index in [4.69, 9.17) is 11.6 Å². The average Bonchev–Trinajstić information content (AvgIpc) is 2.83. The van der Waals surface area contributed by atoms with Crippen LogP contribution in [0.1, 0.15) is 12.5 Å². The summed E-state index contributed by atoms with van der Waals surface area (Å²) in [4.78, 5) is 24.3. The van der Waals surface area contributed by atoms with Crippen LogP contribution in [0.5, 0.6) is 0 Å². The summed E-state index contributed by atoms with van der Waals surface area (Å²) in [5, 5.41) is 24.6. The monoisotopic (exact) mass is 379 g/mol. The van der Waals surface area contributed by atoms with Crippen LogP contribution in [0.3, 0.4) is 0 Å². The molecule has 1 heterocycles. The molecule has 0 aromatic heterocycles. The van der Waals surface area contributed by atoms with Crippen molar-refractivity contribution in [2.75, 3.05) is 0 Å². The maximum atomic E-state index is 13.5. The molecule has 1 aromatic rings. The number of rotatable bonds is 4. The lowest BCUT2D eigenvalue weighted by molar-refractivity contribution is -0.531. The lowest BCUT2D eigenvalue weighted by Gasteiger charge is -2.27. The molecule has 2 atom stereocenters. The molecule has 0 saturated heterocycles. The maximum Gasteiger partial charge on any atom is 0.442 e. The Hall–Kier alpha value is -2.69. The van der Waals surface area contributed by atoms with Crippen LogP contribution >= 0.6 is 11.6 Å². The minimum atomic E-state index is -5.14. The Morgan fingerprint density at radius 3 is 2.48 bits per heavy atom. The predicted octanol–water partition coefficient (Wildman–Crippen LogP) is 3.61. The van der Waals surface area contributed by atoms with Crippen LogP contribution in [0.25, 0.3) is 6.08 Å². The van der Waals surface area contributed by atoms with Gasteiger partial charge in [-0.2, -0.15) is 13.2 Å². The molecule has 0 saturated carbocycles. The highest BCUT2D eigenvalue weighted by Gasteiger charge is 2.70. The third-order valence-corrected chi connectivity index (χ3v) is 3.83. The van der Waals surface area contributed by atoms with Gasteiger partial charge in [-0.25, -0.2) is 0 Å². The van der Waals surface area contributed by atoms with E-state index in [-0.39, 0.29) is 16.3 Å². The maximum absolute atomic E-state index is 13.5. The summed E-state index contributed by atoms with van der Waals surface area (Å²) in [6.07, 6.45) is -3.85. The molecule has 0 spiro atoms. The van der Waals surface area contributed by atoms with E-state index in [2.05, 4.69) is 9.99 Å². The van der Waals surface area contributed by atoms with Gasteiger partial charge in [-0.05, 0) is 24.6 Å². The van der Waals surface area contributed by atoms with Gasteiger partial charge in [-0.3, -0.25) is 20.2 Å². The molecule has 1 aromatic carbocycles. The fourth-order valence-corrected chi connectivity index (χ4v) is 2.51. The van der Waals surface area contributed by atoms with Gasteiger partial charge in [0.2, 0.25) is 0 Å². The molecule has 0 fully saturated rings. The summed E-state index contributed by atoms with van der Waals surface area (Å²) >= 11 is 5.81. The first-order valence-electron chi connectivity index (χ1n) is 6.55. The van der Waals surface area contributed by atoms with Gasteiger partial charge in [0.25, 0.3) is 5.69 Å². The number of halogens is 4. The van der Waals surface area contributed by atoms with Crippen LogP contribution in [0.15, 0.2) is 29.4 Å². The quantitative estimate of drug-likeness (QED) is 0.586. The Morgan fingerprint density at radius 1 is 1.36 bits per heavy atom. The topological polar surface area (TPSA) is 108 Å². The van der Waals surface area contributed by atoms with Crippen molar-refractivity contribution in [3.63, 3.8) is 0 Å². The predicted molar refractivity (Wildman–Crippen MR) is 80.9 cm³/mol. The number of hydrogen-bond donors (Lipinski definition) is 0. The summed E-state index contributed by atoms with van der Waals surface area (Å²) in [7, 11) is 0. The molecule has 134 valence electrons. The van der Waals surface area contributed by atoms with E-state index >= 15 is 0 Å². The standard InChI is InChI=1S/C13H9ClF3N3O5/c1-7-11(20(23)24)12(25-18-7,13(15,16)17)5-4-8-2-3-9(19(21)22)6-10(8)14/h2-6,11H,1H3/b5-4+/t11-,12-/m0/s1. The third kappa shape index (κ3) is 3.27. The van der Waals surface area contributed by atoms with Gasteiger partial charge in [-0.1, -0.05) is 22.8 Å². The molecule has 0 aliphatic carbocycles. The molecule has 1 aliphatic heterocycles. The molecule has 1 aliphatic rings. The Morgan fingerprint density at radius 2 is 2.00 bits per heavy atom.